The first-order valence-electron chi connectivity index (χ1n) is 6.86. The third-order valence-corrected chi connectivity index (χ3v) is 3.73. The van der Waals surface area contributed by atoms with Crippen LogP contribution in [-0.2, 0) is 4.74 Å². The number of carbonyl (C=O) groups excluding carboxylic acids is 1. The molecule has 118 valence electrons. The maximum absolute atomic E-state index is 11.8. The van der Waals surface area contributed by atoms with E-state index in [0.717, 1.165) is 11.4 Å². The summed E-state index contributed by atoms with van der Waals surface area (Å²) in [6, 6.07) is 4.06. The van der Waals surface area contributed by atoms with E-state index in [9.17, 15) is 4.79 Å². The fourth-order valence-corrected chi connectivity index (χ4v) is 2.38. The Kier molecular flexibility index (Phi) is 5.81. The summed E-state index contributed by atoms with van der Waals surface area (Å²) in [5, 5.41) is 6.24. The highest BCUT2D eigenvalue weighted by Crippen LogP contribution is 2.18. The van der Waals surface area contributed by atoms with Crippen LogP contribution in [-0.4, -0.2) is 40.7 Å². The Labute approximate surface area is 147 Å². The quantitative estimate of drug-likeness (QED) is 0.574. The molecular formula is C15H18IN3O2S. The zero-order chi connectivity index (χ0) is 16.2. The van der Waals surface area contributed by atoms with Gasteiger partial charge in [-0.3, -0.25) is 0 Å². The van der Waals surface area contributed by atoms with E-state index in [2.05, 4.69) is 42.7 Å². The van der Waals surface area contributed by atoms with E-state index in [4.69, 9.17) is 4.74 Å². The van der Waals surface area contributed by atoms with E-state index < -0.39 is 5.60 Å². The molecular weight excluding hydrogens is 413 g/mol. The SMILES string of the molecule is CC(C)(C)OC(=O)N1CC(Nc2ccc(C#CSI)nc2)C1. The van der Waals surface area contributed by atoms with E-state index in [1.807, 2.05) is 32.9 Å². The van der Waals surface area contributed by atoms with Gasteiger partial charge in [0.15, 0.2) is 0 Å². The van der Waals surface area contributed by atoms with Crippen molar-refractivity contribution in [3.8, 4) is 11.2 Å². The van der Waals surface area contributed by atoms with Crippen molar-refractivity contribution < 1.29 is 9.53 Å². The molecule has 1 aromatic heterocycles. The molecule has 1 aliphatic heterocycles. The van der Waals surface area contributed by atoms with E-state index in [0.29, 0.717) is 13.1 Å². The van der Waals surface area contributed by atoms with Crippen molar-refractivity contribution in [1.29, 1.82) is 0 Å². The highest BCUT2D eigenvalue weighted by molar-refractivity contribution is 14.2. The summed E-state index contributed by atoms with van der Waals surface area (Å²) in [6.45, 7) is 6.89. The summed E-state index contributed by atoms with van der Waals surface area (Å²) in [6.07, 6.45) is 1.50. The summed E-state index contributed by atoms with van der Waals surface area (Å²) in [4.78, 5) is 17.8. The second kappa shape index (κ2) is 7.42. The zero-order valence-electron chi connectivity index (χ0n) is 12.7. The maximum atomic E-state index is 11.8. The molecule has 0 saturated carbocycles. The van der Waals surface area contributed by atoms with Crippen molar-refractivity contribution in [3.05, 3.63) is 24.0 Å². The average molecular weight is 431 g/mol. The summed E-state index contributed by atoms with van der Waals surface area (Å²) < 4.78 is 5.32. The predicted octanol–water partition coefficient (Wildman–Crippen LogP) is 3.51. The van der Waals surface area contributed by atoms with Gasteiger partial charge in [-0.1, -0.05) is 0 Å². The lowest BCUT2D eigenvalue weighted by Crippen LogP contribution is -2.57. The number of carbonyl (C=O) groups is 1. The molecule has 1 saturated heterocycles. The fourth-order valence-electron chi connectivity index (χ4n) is 1.91. The van der Waals surface area contributed by atoms with Crippen LogP contribution in [0, 0.1) is 11.2 Å². The summed E-state index contributed by atoms with van der Waals surface area (Å²) >= 11 is 2.12. The van der Waals surface area contributed by atoms with Crippen molar-refractivity contribution in [2.24, 2.45) is 0 Å². The Balaban J connectivity index is 1.79. The molecule has 7 heteroatoms. The Hall–Kier alpha value is -1.14. The second-order valence-electron chi connectivity index (χ2n) is 5.96. The lowest BCUT2D eigenvalue weighted by Gasteiger charge is -2.40. The van der Waals surface area contributed by atoms with Gasteiger partial charge < -0.3 is 15.0 Å². The number of hydrogen-bond donors (Lipinski definition) is 1. The topological polar surface area (TPSA) is 54.5 Å². The minimum absolute atomic E-state index is 0.233. The Morgan fingerprint density at radius 1 is 1.50 bits per heavy atom. The molecule has 2 rings (SSSR count). The average Bonchev–Trinajstić information content (AvgIpc) is 2.39. The lowest BCUT2D eigenvalue weighted by molar-refractivity contribution is 0.0105. The second-order valence-corrected chi connectivity index (χ2v) is 7.64. The molecule has 1 N–H and O–H groups in total. The van der Waals surface area contributed by atoms with E-state index in [1.165, 1.54) is 8.93 Å². The molecule has 0 aliphatic carbocycles. The van der Waals surface area contributed by atoms with Gasteiger partial charge in [-0.15, -0.1) is 0 Å². The number of amides is 1. The van der Waals surface area contributed by atoms with Crippen molar-refractivity contribution in [3.63, 3.8) is 0 Å². The van der Waals surface area contributed by atoms with Crippen molar-refractivity contribution >= 4 is 41.9 Å². The molecule has 0 bridgehead atoms. The van der Waals surface area contributed by atoms with E-state index in [-0.39, 0.29) is 12.1 Å². The standard InChI is InChI=1S/C15H18IN3O2S/c1-15(2,3)21-14(20)19-9-13(10-19)18-12-5-4-11(17-8-12)6-7-22-16/h4-5,8,13,18H,9-10H2,1-3H3. The third kappa shape index (κ3) is 5.25. The van der Waals surface area contributed by atoms with Gasteiger partial charge in [0, 0.05) is 34.3 Å². The normalized spacial score (nSPS) is 14.6. The largest absolute Gasteiger partial charge is 0.444 e. The van der Waals surface area contributed by atoms with Crippen molar-refractivity contribution in [1.82, 2.24) is 9.88 Å². The molecule has 0 unspecified atom stereocenters. The zero-order valence-corrected chi connectivity index (χ0v) is 15.7. The molecule has 0 atom stereocenters. The maximum Gasteiger partial charge on any atom is 0.410 e. The Morgan fingerprint density at radius 2 is 2.23 bits per heavy atom. The molecule has 2 heterocycles. The van der Waals surface area contributed by atoms with Gasteiger partial charge >= 0.3 is 6.09 Å². The molecule has 1 aliphatic rings. The number of anilines is 1. The number of nitrogens with zero attached hydrogens (tertiary/aromatic N) is 2. The van der Waals surface area contributed by atoms with Crippen molar-refractivity contribution in [2.45, 2.75) is 32.4 Å². The number of halogens is 1. The molecule has 1 aromatic rings. The van der Waals surface area contributed by atoms with Crippen LogP contribution in [0.2, 0.25) is 0 Å². The minimum atomic E-state index is -0.452. The van der Waals surface area contributed by atoms with Crippen LogP contribution in [0.4, 0.5) is 10.5 Å². The van der Waals surface area contributed by atoms with Crippen LogP contribution < -0.4 is 5.32 Å². The molecule has 22 heavy (non-hydrogen) atoms. The first kappa shape index (κ1) is 17.2. The molecule has 1 fully saturated rings. The van der Waals surface area contributed by atoms with Gasteiger partial charge in [-0.25, -0.2) is 9.78 Å². The Bertz CT molecular complexity index is 584. The van der Waals surface area contributed by atoms with Crippen LogP contribution in [0.15, 0.2) is 18.3 Å². The first-order valence-corrected chi connectivity index (χ1v) is 10.2. The highest BCUT2D eigenvalue weighted by Gasteiger charge is 2.33. The van der Waals surface area contributed by atoms with E-state index in [1.54, 1.807) is 11.1 Å². The van der Waals surface area contributed by atoms with Crippen LogP contribution in [0.5, 0.6) is 0 Å². The molecule has 5 nitrogen and oxygen atoms in total. The van der Waals surface area contributed by atoms with Gasteiger partial charge in [0.25, 0.3) is 0 Å². The molecule has 0 aromatic carbocycles. The number of ether oxygens (including phenoxy) is 1. The van der Waals surface area contributed by atoms with Gasteiger partial charge in [0.2, 0.25) is 0 Å². The third-order valence-electron chi connectivity index (χ3n) is 2.89. The number of rotatable bonds is 2. The van der Waals surface area contributed by atoms with Gasteiger partial charge in [-0.2, -0.15) is 0 Å². The van der Waals surface area contributed by atoms with Crippen LogP contribution in [0.1, 0.15) is 26.5 Å². The van der Waals surface area contributed by atoms with Gasteiger partial charge in [0.1, 0.15) is 11.3 Å². The molecule has 1 amide bonds. The number of nitrogens with one attached hydrogen (secondary N) is 1. The lowest BCUT2D eigenvalue weighted by atomic mass is 10.1. The Morgan fingerprint density at radius 3 is 2.77 bits per heavy atom. The molecule has 0 spiro atoms. The van der Waals surface area contributed by atoms with Crippen molar-refractivity contribution in [2.75, 3.05) is 18.4 Å². The summed E-state index contributed by atoms with van der Waals surface area (Å²) in [5.74, 6) is 2.94. The van der Waals surface area contributed by atoms with Gasteiger partial charge in [0.05, 0.1) is 17.9 Å². The van der Waals surface area contributed by atoms with Crippen LogP contribution in [0.25, 0.3) is 0 Å². The number of hydrogen-bond acceptors (Lipinski definition) is 5. The number of pyridine rings is 1. The minimum Gasteiger partial charge on any atom is -0.444 e. The van der Waals surface area contributed by atoms with Crippen LogP contribution >= 0.6 is 30.1 Å². The van der Waals surface area contributed by atoms with Crippen LogP contribution in [0.3, 0.4) is 0 Å². The highest BCUT2D eigenvalue weighted by atomic mass is 127. The van der Waals surface area contributed by atoms with Gasteiger partial charge in [-0.05, 0) is 53.0 Å². The first-order chi connectivity index (χ1) is 10.4. The monoisotopic (exact) mass is 431 g/mol. The predicted molar refractivity (Wildman–Crippen MR) is 97.9 cm³/mol. The van der Waals surface area contributed by atoms with E-state index >= 15 is 0 Å². The number of likely N-dealkylation sites (tertiary alicyclic amines) is 1. The summed E-state index contributed by atoms with van der Waals surface area (Å²) in [5.41, 5.74) is 1.23. The molecule has 0 radical (unpaired) electrons. The summed E-state index contributed by atoms with van der Waals surface area (Å²) in [7, 11) is 1.43. The smallest absolute Gasteiger partial charge is 0.410 e. The number of aromatic nitrogens is 1. The fraction of sp³-hybridized carbons (Fsp3) is 0.467.